The maximum absolute atomic E-state index is 12.4. The van der Waals surface area contributed by atoms with E-state index >= 15 is 0 Å². The number of rotatable bonds is 7. The van der Waals surface area contributed by atoms with Crippen LogP contribution in [-0.2, 0) is 4.79 Å². The van der Waals surface area contributed by atoms with Crippen molar-refractivity contribution in [1.82, 2.24) is 10.3 Å². The molecular weight excluding hydrogens is 416 g/mol. The molecule has 31 heavy (non-hydrogen) atoms. The van der Waals surface area contributed by atoms with Gasteiger partial charge in [-0.15, -0.1) is 11.3 Å². The lowest BCUT2D eigenvalue weighted by Gasteiger charge is -2.12. The SMILES string of the molecule is Cc1nc(-c2cc3ccc(OCC(=O)NC[C@@H](O)c4ccccc4)cc3oc2=O)cs1. The molecule has 0 aliphatic carbocycles. The number of amides is 1. The van der Waals surface area contributed by atoms with Gasteiger partial charge in [-0.1, -0.05) is 30.3 Å². The van der Waals surface area contributed by atoms with Gasteiger partial charge < -0.3 is 19.6 Å². The van der Waals surface area contributed by atoms with Gasteiger partial charge in [0.2, 0.25) is 0 Å². The molecule has 0 saturated carbocycles. The van der Waals surface area contributed by atoms with Crippen molar-refractivity contribution in [3.63, 3.8) is 0 Å². The maximum atomic E-state index is 12.4. The third-order valence-corrected chi connectivity index (χ3v) is 5.42. The minimum absolute atomic E-state index is 0.0810. The number of thiazole rings is 1. The van der Waals surface area contributed by atoms with Crippen molar-refractivity contribution in [2.45, 2.75) is 13.0 Å². The van der Waals surface area contributed by atoms with Crippen LogP contribution in [0.5, 0.6) is 5.75 Å². The van der Waals surface area contributed by atoms with Crippen LogP contribution in [0, 0.1) is 6.92 Å². The number of aromatic nitrogens is 1. The van der Waals surface area contributed by atoms with Crippen LogP contribution in [-0.4, -0.2) is 29.1 Å². The molecule has 158 valence electrons. The van der Waals surface area contributed by atoms with Gasteiger partial charge in [-0.25, -0.2) is 9.78 Å². The fourth-order valence-corrected chi connectivity index (χ4v) is 3.66. The van der Waals surface area contributed by atoms with Crippen LogP contribution >= 0.6 is 11.3 Å². The second kappa shape index (κ2) is 9.11. The van der Waals surface area contributed by atoms with E-state index in [2.05, 4.69) is 10.3 Å². The first-order valence-electron chi connectivity index (χ1n) is 9.62. The fourth-order valence-electron chi connectivity index (χ4n) is 3.05. The van der Waals surface area contributed by atoms with Crippen LogP contribution in [0.15, 0.2) is 69.2 Å². The molecular formula is C23H20N2O5S. The Morgan fingerprint density at radius 2 is 2.03 bits per heavy atom. The summed E-state index contributed by atoms with van der Waals surface area (Å²) in [5.41, 5.74) is 1.59. The lowest BCUT2D eigenvalue weighted by atomic mass is 10.1. The average Bonchev–Trinajstić information content (AvgIpc) is 3.22. The predicted molar refractivity (Wildman–Crippen MR) is 118 cm³/mol. The fraction of sp³-hybridized carbons (Fsp3) is 0.174. The van der Waals surface area contributed by atoms with Crippen LogP contribution in [0.3, 0.4) is 0 Å². The van der Waals surface area contributed by atoms with Gasteiger partial charge in [0.15, 0.2) is 6.61 Å². The Labute approximate surface area is 181 Å². The minimum Gasteiger partial charge on any atom is -0.484 e. The first kappa shape index (κ1) is 20.8. The molecule has 4 aromatic rings. The molecule has 0 aliphatic heterocycles. The normalized spacial score (nSPS) is 11.9. The van der Waals surface area contributed by atoms with Gasteiger partial charge in [0.25, 0.3) is 5.91 Å². The van der Waals surface area contributed by atoms with E-state index in [1.54, 1.807) is 36.4 Å². The van der Waals surface area contributed by atoms with Crippen molar-refractivity contribution >= 4 is 28.2 Å². The number of hydrogen-bond donors (Lipinski definition) is 2. The third-order valence-electron chi connectivity index (χ3n) is 4.65. The summed E-state index contributed by atoms with van der Waals surface area (Å²) in [6.45, 7) is 1.73. The summed E-state index contributed by atoms with van der Waals surface area (Å²) < 4.78 is 10.9. The Balaban J connectivity index is 1.38. The smallest absolute Gasteiger partial charge is 0.345 e. The summed E-state index contributed by atoms with van der Waals surface area (Å²) in [5, 5.41) is 16.1. The molecule has 1 amide bonds. The van der Waals surface area contributed by atoms with Gasteiger partial charge in [-0.2, -0.15) is 0 Å². The summed E-state index contributed by atoms with van der Waals surface area (Å²) in [7, 11) is 0. The van der Waals surface area contributed by atoms with Crippen molar-refractivity contribution < 1.29 is 19.1 Å². The van der Waals surface area contributed by atoms with Crippen LogP contribution in [0.4, 0.5) is 0 Å². The zero-order chi connectivity index (χ0) is 21.8. The molecule has 2 aromatic heterocycles. The standard InChI is InChI=1S/C23H20N2O5S/c1-14-25-19(13-31-14)18-9-16-7-8-17(10-21(16)30-23(18)28)29-12-22(27)24-11-20(26)15-5-3-2-4-6-15/h2-10,13,20,26H,11-12H2,1H3,(H,24,27)/t20-/m1/s1. The van der Waals surface area contributed by atoms with E-state index in [0.29, 0.717) is 22.6 Å². The summed E-state index contributed by atoms with van der Waals surface area (Å²) in [6.07, 6.45) is -0.796. The van der Waals surface area contributed by atoms with Gasteiger partial charge in [-0.05, 0) is 30.7 Å². The van der Waals surface area contributed by atoms with E-state index in [9.17, 15) is 14.7 Å². The van der Waals surface area contributed by atoms with Crippen molar-refractivity contribution in [3.8, 4) is 17.0 Å². The van der Waals surface area contributed by atoms with E-state index in [1.165, 1.54) is 11.3 Å². The molecule has 8 heteroatoms. The molecule has 0 bridgehead atoms. The quantitative estimate of drug-likeness (QED) is 0.430. The minimum atomic E-state index is -0.796. The lowest BCUT2D eigenvalue weighted by Crippen LogP contribution is -2.32. The van der Waals surface area contributed by atoms with Gasteiger partial charge in [-0.3, -0.25) is 4.79 Å². The number of nitrogens with zero attached hydrogens (tertiary/aromatic N) is 1. The summed E-state index contributed by atoms with van der Waals surface area (Å²) >= 11 is 1.46. The third kappa shape index (κ3) is 4.99. The molecule has 0 aliphatic rings. The highest BCUT2D eigenvalue weighted by Gasteiger charge is 2.12. The maximum Gasteiger partial charge on any atom is 0.345 e. The first-order chi connectivity index (χ1) is 15.0. The van der Waals surface area contributed by atoms with Crippen molar-refractivity contribution in [1.29, 1.82) is 0 Å². The molecule has 1 atom stereocenters. The molecule has 0 unspecified atom stereocenters. The number of aliphatic hydroxyl groups excluding tert-OH is 1. The Morgan fingerprint density at radius 1 is 1.23 bits per heavy atom. The molecule has 2 aromatic carbocycles. The van der Waals surface area contributed by atoms with Crippen LogP contribution in [0.25, 0.3) is 22.2 Å². The second-order valence-corrected chi connectivity index (χ2v) is 7.98. The van der Waals surface area contributed by atoms with Crippen molar-refractivity contribution in [2.24, 2.45) is 0 Å². The van der Waals surface area contributed by atoms with Gasteiger partial charge >= 0.3 is 5.63 Å². The lowest BCUT2D eigenvalue weighted by molar-refractivity contribution is -0.123. The predicted octanol–water partition coefficient (Wildman–Crippen LogP) is 3.45. The molecule has 4 rings (SSSR count). The second-order valence-electron chi connectivity index (χ2n) is 6.92. The van der Waals surface area contributed by atoms with E-state index in [1.807, 2.05) is 30.5 Å². The number of ether oxygens (including phenoxy) is 1. The number of benzene rings is 2. The molecule has 0 radical (unpaired) electrons. The number of aliphatic hydroxyl groups is 1. The molecule has 0 saturated heterocycles. The Hall–Kier alpha value is -3.49. The number of carbonyl (C=O) groups excluding carboxylic acids is 1. The van der Waals surface area contributed by atoms with E-state index in [-0.39, 0.29) is 19.1 Å². The highest BCUT2D eigenvalue weighted by molar-refractivity contribution is 7.09. The number of hydrogen-bond acceptors (Lipinski definition) is 7. The molecule has 2 heterocycles. The monoisotopic (exact) mass is 436 g/mol. The number of aryl methyl sites for hydroxylation is 1. The Kier molecular flexibility index (Phi) is 6.11. The summed E-state index contributed by atoms with van der Waals surface area (Å²) in [4.78, 5) is 28.7. The highest BCUT2D eigenvalue weighted by Crippen LogP contribution is 2.25. The van der Waals surface area contributed by atoms with Gasteiger partial charge in [0.05, 0.1) is 22.4 Å². The molecule has 2 N–H and O–H groups in total. The highest BCUT2D eigenvalue weighted by atomic mass is 32.1. The summed E-state index contributed by atoms with van der Waals surface area (Å²) in [6, 6.07) is 15.8. The largest absolute Gasteiger partial charge is 0.484 e. The van der Waals surface area contributed by atoms with Gasteiger partial charge in [0.1, 0.15) is 11.3 Å². The number of fused-ring (bicyclic) bond motifs is 1. The Morgan fingerprint density at radius 3 is 2.77 bits per heavy atom. The van der Waals surface area contributed by atoms with E-state index in [0.717, 1.165) is 16.0 Å². The van der Waals surface area contributed by atoms with Crippen LogP contribution in [0.1, 0.15) is 16.7 Å². The first-order valence-corrected chi connectivity index (χ1v) is 10.5. The van der Waals surface area contributed by atoms with Crippen molar-refractivity contribution in [2.75, 3.05) is 13.2 Å². The van der Waals surface area contributed by atoms with Gasteiger partial charge in [0, 0.05) is 23.4 Å². The zero-order valence-electron chi connectivity index (χ0n) is 16.7. The molecule has 0 fully saturated rings. The molecule has 0 spiro atoms. The van der Waals surface area contributed by atoms with E-state index < -0.39 is 11.7 Å². The van der Waals surface area contributed by atoms with Crippen LogP contribution in [0.2, 0.25) is 0 Å². The van der Waals surface area contributed by atoms with Crippen molar-refractivity contribution in [3.05, 3.63) is 81.0 Å². The Bertz CT molecular complexity index is 1270. The number of nitrogens with one attached hydrogen (secondary N) is 1. The van der Waals surface area contributed by atoms with Crippen LogP contribution < -0.4 is 15.7 Å². The zero-order valence-corrected chi connectivity index (χ0v) is 17.5. The average molecular weight is 436 g/mol. The summed E-state index contributed by atoms with van der Waals surface area (Å²) in [5.74, 6) is 0.0254. The molecule has 7 nitrogen and oxygen atoms in total. The topological polar surface area (TPSA) is 102 Å². The number of carbonyl (C=O) groups is 1. The van der Waals surface area contributed by atoms with E-state index in [4.69, 9.17) is 9.15 Å².